The number of aryl methyl sites for hydroxylation is 2. The van der Waals surface area contributed by atoms with Gasteiger partial charge in [0.2, 0.25) is 5.82 Å². The van der Waals surface area contributed by atoms with E-state index in [0.29, 0.717) is 35.8 Å². The molecule has 1 N–H and O–H groups in total. The van der Waals surface area contributed by atoms with Gasteiger partial charge in [-0.15, -0.1) is 15.0 Å². The van der Waals surface area contributed by atoms with Gasteiger partial charge in [0.1, 0.15) is 17.2 Å². The Labute approximate surface area is 321 Å². The van der Waals surface area contributed by atoms with Crippen molar-refractivity contribution in [3.8, 4) is 22.7 Å². The Balaban J connectivity index is 1.22. The number of hydrogen-bond acceptors (Lipinski definition) is 6. The van der Waals surface area contributed by atoms with E-state index in [1.165, 1.54) is 0 Å². The second-order valence-electron chi connectivity index (χ2n) is 13.3. The van der Waals surface area contributed by atoms with Crippen LogP contribution < -0.4 is 0 Å². The first kappa shape index (κ1) is 34.9. The standard InChI is InChI=1S/C44H37BrN6O3/c1-3-4-24-38-46-29(2)40(43(52)53)50(38)28-30-25-26-37-36(27-30)39(45)41(54-37)34-22-14-15-23-35(34)42-47-49-51(48-42)44(31-16-8-5-9-17-31,32-18-10-6-11-19-32)33-20-12-7-13-21-33/h5-23,25-27H,3-4,24,28H2,1-2H3,(H,52,53). The molecule has 0 amide bonds. The van der Waals surface area contributed by atoms with Crippen LogP contribution in [0.25, 0.3) is 33.7 Å². The first-order valence-electron chi connectivity index (χ1n) is 18.0. The van der Waals surface area contributed by atoms with Crippen LogP contribution in [0.4, 0.5) is 0 Å². The van der Waals surface area contributed by atoms with Crippen molar-refractivity contribution in [2.75, 3.05) is 0 Å². The summed E-state index contributed by atoms with van der Waals surface area (Å²) in [5, 5.41) is 25.5. The minimum absolute atomic E-state index is 0.221. The van der Waals surface area contributed by atoms with Gasteiger partial charge in [0, 0.05) is 29.5 Å². The van der Waals surface area contributed by atoms with Gasteiger partial charge in [-0.25, -0.2) is 9.78 Å². The van der Waals surface area contributed by atoms with E-state index in [1.807, 2.05) is 102 Å². The topological polar surface area (TPSA) is 112 Å². The molecular formula is C44H37BrN6O3. The van der Waals surface area contributed by atoms with Gasteiger partial charge in [-0.05, 0) is 68.9 Å². The Morgan fingerprint density at radius 2 is 1.41 bits per heavy atom. The molecule has 10 heteroatoms. The summed E-state index contributed by atoms with van der Waals surface area (Å²) in [5.74, 6) is 0.875. The first-order valence-corrected chi connectivity index (χ1v) is 18.8. The van der Waals surface area contributed by atoms with Crippen LogP contribution in [0.5, 0.6) is 0 Å². The van der Waals surface area contributed by atoms with Crippen LogP contribution in [0.15, 0.2) is 142 Å². The second kappa shape index (κ2) is 14.7. The molecule has 9 nitrogen and oxygen atoms in total. The van der Waals surface area contributed by atoms with Crippen LogP contribution in [0.3, 0.4) is 0 Å². The molecular weight excluding hydrogens is 740 g/mol. The number of imidazole rings is 1. The normalized spacial score (nSPS) is 11.7. The maximum atomic E-state index is 12.3. The monoisotopic (exact) mass is 776 g/mol. The van der Waals surface area contributed by atoms with Crippen molar-refractivity contribution in [2.24, 2.45) is 0 Å². The lowest BCUT2D eigenvalue weighted by molar-refractivity contribution is 0.0684. The number of benzene rings is 5. The number of carboxylic acid groups (broad SMARTS) is 1. The van der Waals surface area contributed by atoms with Crippen LogP contribution in [0.2, 0.25) is 0 Å². The van der Waals surface area contributed by atoms with Crippen LogP contribution >= 0.6 is 15.9 Å². The Hall–Kier alpha value is -6.13. The summed E-state index contributed by atoms with van der Waals surface area (Å²) in [6.07, 6.45) is 2.64. The van der Waals surface area contributed by atoms with Crippen LogP contribution in [0.1, 0.15) is 64.0 Å². The molecule has 0 bridgehead atoms. The average molecular weight is 778 g/mol. The zero-order valence-corrected chi connectivity index (χ0v) is 31.4. The summed E-state index contributed by atoms with van der Waals surface area (Å²) in [4.78, 5) is 18.6. The summed E-state index contributed by atoms with van der Waals surface area (Å²) in [6, 6.07) is 44.6. The van der Waals surface area contributed by atoms with Crippen LogP contribution in [0, 0.1) is 6.92 Å². The number of nitrogens with zero attached hydrogens (tertiary/aromatic N) is 6. The molecule has 0 saturated heterocycles. The molecule has 0 unspecified atom stereocenters. The maximum Gasteiger partial charge on any atom is 0.354 e. The third-order valence-electron chi connectivity index (χ3n) is 9.91. The SMILES string of the molecule is CCCCc1nc(C)c(C(=O)O)n1Cc1ccc2oc(-c3ccccc3-c3nnn(C(c4ccccc4)(c4ccccc4)c4ccccc4)n3)c(Br)c2c1. The number of carbonyl (C=O) groups is 1. The first-order chi connectivity index (χ1) is 26.4. The molecule has 8 rings (SSSR count). The fourth-order valence-electron chi connectivity index (χ4n) is 7.39. The second-order valence-corrected chi connectivity index (χ2v) is 14.1. The Morgan fingerprint density at radius 3 is 2.00 bits per heavy atom. The highest BCUT2D eigenvalue weighted by atomic mass is 79.9. The lowest BCUT2D eigenvalue weighted by Crippen LogP contribution is -2.39. The Morgan fingerprint density at radius 1 is 0.815 bits per heavy atom. The summed E-state index contributed by atoms with van der Waals surface area (Å²) < 4.78 is 9.14. The average Bonchev–Trinajstić information content (AvgIpc) is 3.91. The predicted molar refractivity (Wildman–Crippen MR) is 212 cm³/mol. The van der Waals surface area contributed by atoms with Crippen molar-refractivity contribution in [1.29, 1.82) is 0 Å². The molecule has 0 aliphatic carbocycles. The molecule has 54 heavy (non-hydrogen) atoms. The highest BCUT2D eigenvalue weighted by Crippen LogP contribution is 2.43. The molecule has 5 aromatic carbocycles. The van der Waals surface area contributed by atoms with E-state index < -0.39 is 11.5 Å². The van der Waals surface area contributed by atoms with Gasteiger partial charge >= 0.3 is 5.97 Å². The van der Waals surface area contributed by atoms with E-state index in [2.05, 4.69) is 64.2 Å². The Bertz CT molecular complexity index is 2480. The third-order valence-corrected chi connectivity index (χ3v) is 10.7. The molecule has 0 radical (unpaired) electrons. The van der Waals surface area contributed by atoms with Crippen molar-refractivity contribution in [3.63, 3.8) is 0 Å². The molecule has 3 heterocycles. The van der Waals surface area contributed by atoms with Gasteiger partial charge in [0.15, 0.2) is 11.2 Å². The molecule has 8 aromatic rings. The number of unbranched alkanes of at least 4 members (excludes halogenated alkanes) is 1. The summed E-state index contributed by atoms with van der Waals surface area (Å²) in [7, 11) is 0. The highest BCUT2D eigenvalue weighted by Gasteiger charge is 2.41. The highest BCUT2D eigenvalue weighted by molar-refractivity contribution is 9.10. The largest absolute Gasteiger partial charge is 0.477 e. The smallest absolute Gasteiger partial charge is 0.354 e. The number of rotatable bonds is 12. The van der Waals surface area contributed by atoms with E-state index in [-0.39, 0.29) is 5.69 Å². The lowest BCUT2D eigenvalue weighted by atomic mass is 9.77. The number of aromatic nitrogens is 6. The van der Waals surface area contributed by atoms with Crippen molar-refractivity contribution in [2.45, 2.75) is 45.2 Å². The minimum atomic E-state index is -0.980. The molecule has 268 valence electrons. The van der Waals surface area contributed by atoms with E-state index >= 15 is 0 Å². The van der Waals surface area contributed by atoms with Crippen molar-refractivity contribution >= 4 is 32.9 Å². The van der Waals surface area contributed by atoms with Crippen molar-refractivity contribution < 1.29 is 14.3 Å². The lowest BCUT2D eigenvalue weighted by Gasteiger charge is -2.34. The van der Waals surface area contributed by atoms with Gasteiger partial charge in [-0.2, -0.15) is 0 Å². The number of fused-ring (bicyclic) bond motifs is 1. The zero-order chi connectivity index (χ0) is 37.2. The fourth-order valence-corrected chi connectivity index (χ4v) is 8.00. The van der Waals surface area contributed by atoms with Crippen molar-refractivity contribution in [3.05, 3.63) is 177 Å². The van der Waals surface area contributed by atoms with Gasteiger partial charge < -0.3 is 14.1 Å². The quantitative estimate of drug-likeness (QED) is 0.123. The van der Waals surface area contributed by atoms with E-state index in [0.717, 1.165) is 61.9 Å². The molecule has 0 atom stereocenters. The Kier molecular flexibility index (Phi) is 9.52. The van der Waals surface area contributed by atoms with E-state index in [1.54, 1.807) is 11.7 Å². The van der Waals surface area contributed by atoms with E-state index in [9.17, 15) is 9.90 Å². The molecule has 0 saturated carbocycles. The number of carboxylic acids is 1. The summed E-state index contributed by atoms with van der Waals surface area (Å²) in [5.41, 5.74) is 6.00. The summed E-state index contributed by atoms with van der Waals surface area (Å²) >= 11 is 3.87. The molecule has 3 aromatic heterocycles. The minimum Gasteiger partial charge on any atom is -0.477 e. The third kappa shape index (κ3) is 6.12. The van der Waals surface area contributed by atoms with Crippen LogP contribution in [-0.2, 0) is 18.5 Å². The van der Waals surface area contributed by atoms with Crippen LogP contribution in [-0.4, -0.2) is 40.8 Å². The number of halogens is 1. The molecule has 0 spiro atoms. The maximum absolute atomic E-state index is 12.3. The number of tetrazole rings is 1. The molecule has 0 aliphatic heterocycles. The number of hydrogen-bond donors (Lipinski definition) is 1. The van der Waals surface area contributed by atoms with Gasteiger partial charge in [0.25, 0.3) is 0 Å². The van der Waals surface area contributed by atoms with Gasteiger partial charge in [-0.1, -0.05) is 135 Å². The van der Waals surface area contributed by atoms with Crippen molar-refractivity contribution in [1.82, 2.24) is 29.8 Å². The van der Waals surface area contributed by atoms with Gasteiger partial charge in [0.05, 0.1) is 10.2 Å². The number of aromatic carboxylic acids is 1. The number of furan rings is 1. The molecule has 0 aliphatic rings. The van der Waals surface area contributed by atoms with E-state index in [4.69, 9.17) is 19.8 Å². The fraction of sp³-hybridized carbons (Fsp3) is 0.159. The predicted octanol–water partition coefficient (Wildman–Crippen LogP) is 9.95. The van der Waals surface area contributed by atoms with Gasteiger partial charge in [-0.3, -0.25) is 0 Å². The zero-order valence-electron chi connectivity index (χ0n) is 29.9. The summed E-state index contributed by atoms with van der Waals surface area (Å²) in [6.45, 7) is 4.25. The molecule has 0 fully saturated rings.